The van der Waals surface area contributed by atoms with Gasteiger partial charge in [0.2, 0.25) is 11.8 Å². The first-order valence-electron chi connectivity index (χ1n) is 8.58. The highest BCUT2D eigenvalue weighted by molar-refractivity contribution is 6.01. The van der Waals surface area contributed by atoms with Crippen LogP contribution in [0.3, 0.4) is 0 Å². The number of nitrogens with zero attached hydrogens (tertiary/aromatic N) is 2. The normalized spacial score (nSPS) is 23.7. The van der Waals surface area contributed by atoms with Crippen molar-refractivity contribution >= 4 is 17.5 Å². The Morgan fingerprint density at radius 3 is 2.76 bits per heavy atom. The molecule has 2 saturated heterocycles. The SMILES string of the molecule is COc1ccc(N2C[C@@H](C(=O)N3CCNC[C@H]3C)CC2=O)c(OC)c1. The third-order valence-corrected chi connectivity index (χ3v) is 4.94. The molecule has 0 unspecified atom stereocenters. The summed E-state index contributed by atoms with van der Waals surface area (Å²) in [5.74, 6) is 0.938. The van der Waals surface area contributed by atoms with Gasteiger partial charge in [-0.2, -0.15) is 0 Å². The number of anilines is 1. The van der Waals surface area contributed by atoms with Crippen molar-refractivity contribution in [3.05, 3.63) is 18.2 Å². The molecule has 7 heteroatoms. The monoisotopic (exact) mass is 347 g/mol. The van der Waals surface area contributed by atoms with Gasteiger partial charge in [-0.3, -0.25) is 9.59 Å². The molecule has 0 bridgehead atoms. The van der Waals surface area contributed by atoms with E-state index < -0.39 is 0 Å². The second-order valence-electron chi connectivity index (χ2n) is 6.53. The van der Waals surface area contributed by atoms with Crippen LogP contribution in [-0.2, 0) is 9.59 Å². The van der Waals surface area contributed by atoms with E-state index in [9.17, 15) is 9.59 Å². The Morgan fingerprint density at radius 2 is 2.08 bits per heavy atom. The first-order chi connectivity index (χ1) is 12.0. The smallest absolute Gasteiger partial charge is 0.228 e. The zero-order chi connectivity index (χ0) is 18.0. The van der Waals surface area contributed by atoms with Crippen molar-refractivity contribution in [2.24, 2.45) is 5.92 Å². The lowest BCUT2D eigenvalue weighted by Gasteiger charge is -2.35. The van der Waals surface area contributed by atoms with Gasteiger partial charge in [-0.1, -0.05) is 0 Å². The average molecular weight is 347 g/mol. The number of rotatable bonds is 4. The minimum atomic E-state index is -0.306. The van der Waals surface area contributed by atoms with E-state index >= 15 is 0 Å². The van der Waals surface area contributed by atoms with Gasteiger partial charge in [0.1, 0.15) is 11.5 Å². The molecule has 1 aromatic rings. The lowest BCUT2D eigenvalue weighted by Crippen LogP contribution is -2.54. The highest BCUT2D eigenvalue weighted by Gasteiger charge is 2.39. The maximum atomic E-state index is 12.9. The van der Waals surface area contributed by atoms with Crippen molar-refractivity contribution in [2.75, 3.05) is 45.3 Å². The second kappa shape index (κ2) is 7.31. The van der Waals surface area contributed by atoms with Gasteiger partial charge in [-0.15, -0.1) is 0 Å². The molecular formula is C18H25N3O4. The number of hydrogen-bond acceptors (Lipinski definition) is 5. The average Bonchev–Trinajstić information content (AvgIpc) is 3.02. The molecule has 136 valence electrons. The predicted octanol–water partition coefficient (Wildman–Crippen LogP) is 0.877. The van der Waals surface area contributed by atoms with Crippen molar-refractivity contribution in [1.29, 1.82) is 0 Å². The molecule has 1 aromatic carbocycles. The molecule has 0 saturated carbocycles. The van der Waals surface area contributed by atoms with E-state index in [-0.39, 0.29) is 30.2 Å². The van der Waals surface area contributed by atoms with Gasteiger partial charge in [-0.05, 0) is 19.1 Å². The molecule has 3 rings (SSSR count). The number of amides is 2. The Balaban J connectivity index is 1.77. The van der Waals surface area contributed by atoms with Gasteiger partial charge in [-0.25, -0.2) is 0 Å². The molecule has 2 aliphatic heterocycles. The molecule has 25 heavy (non-hydrogen) atoms. The van der Waals surface area contributed by atoms with Crippen molar-refractivity contribution < 1.29 is 19.1 Å². The molecule has 0 aromatic heterocycles. The quantitative estimate of drug-likeness (QED) is 0.875. The topological polar surface area (TPSA) is 71.1 Å². The predicted molar refractivity (Wildman–Crippen MR) is 94.1 cm³/mol. The molecule has 2 heterocycles. The number of nitrogens with one attached hydrogen (secondary N) is 1. The van der Waals surface area contributed by atoms with Crippen LogP contribution in [0.15, 0.2) is 18.2 Å². The van der Waals surface area contributed by atoms with Crippen LogP contribution < -0.4 is 19.7 Å². The van der Waals surface area contributed by atoms with Crippen molar-refractivity contribution in [1.82, 2.24) is 10.2 Å². The summed E-state index contributed by atoms with van der Waals surface area (Å²) >= 11 is 0. The third-order valence-electron chi connectivity index (χ3n) is 4.94. The molecule has 0 radical (unpaired) electrons. The third kappa shape index (κ3) is 3.42. The molecule has 2 amide bonds. The molecule has 0 aliphatic carbocycles. The molecule has 0 spiro atoms. The Morgan fingerprint density at radius 1 is 1.28 bits per heavy atom. The number of piperazine rings is 1. The Kier molecular flexibility index (Phi) is 5.13. The lowest BCUT2D eigenvalue weighted by atomic mass is 10.1. The number of benzene rings is 1. The number of carbonyl (C=O) groups excluding carboxylic acids is 2. The van der Waals surface area contributed by atoms with Crippen LogP contribution in [0.25, 0.3) is 0 Å². The minimum absolute atomic E-state index is 0.0513. The fourth-order valence-electron chi connectivity index (χ4n) is 3.52. The summed E-state index contributed by atoms with van der Waals surface area (Å²) in [5, 5.41) is 3.28. The number of carbonyl (C=O) groups is 2. The van der Waals surface area contributed by atoms with Crippen LogP contribution in [0.4, 0.5) is 5.69 Å². The number of ether oxygens (including phenoxy) is 2. The fourth-order valence-corrected chi connectivity index (χ4v) is 3.52. The molecule has 7 nitrogen and oxygen atoms in total. The van der Waals surface area contributed by atoms with Crippen molar-refractivity contribution in [3.63, 3.8) is 0 Å². The van der Waals surface area contributed by atoms with Gasteiger partial charge >= 0.3 is 0 Å². The summed E-state index contributed by atoms with van der Waals surface area (Å²) < 4.78 is 10.6. The maximum Gasteiger partial charge on any atom is 0.228 e. The molecule has 1 N–H and O–H groups in total. The van der Waals surface area contributed by atoms with Crippen molar-refractivity contribution in [3.8, 4) is 11.5 Å². The number of methoxy groups -OCH3 is 2. The second-order valence-corrected chi connectivity index (χ2v) is 6.53. The van der Waals surface area contributed by atoms with Crippen LogP contribution in [-0.4, -0.2) is 63.2 Å². The fraction of sp³-hybridized carbons (Fsp3) is 0.556. The van der Waals surface area contributed by atoms with Crippen LogP contribution >= 0.6 is 0 Å². The standard InChI is InChI=1S/C18H25N3O4/c1-12-10-19-6-7-20(12)18(23)13-8-17(22)21(11-13)15-5-4-14(24-2)9-16(15)25-3/h4-5,9,12-13,19H,6-8,10-11H2,1-3H3/t12-,13+/m1/s1. The highest BCUT2D eigenvalue weighted by atomic mass is 16.5. The van der Waals surface area contributed by atoms with E-state index in [4.69, 9.17) is 9.47 Å². The van der Waals surface area contributed by atoms with E-state index in [0.717, 1.165) is 13.1 Å². The van der Waals surface area contributed by atoms with Gasteiger partial charge in [0.25, 0.3) is 0 Å². The minimum Gasteiger partial charge on any atom is -0.497 e. The summed E-state index contributed by atoms with van der Waals surface area (Å²) in [5.41, 5.74) is 0.678. The van der Waals surface area contributed by atoms with Crippen LogP contribution in [0.2, 0.25) is 0 Å². The van der Waals surface area contributed by atoms with Gasteiger partial charge < -0.3 is 24.6 Å². The summed E-state index contributed by atoms with van der Waals surface area (Å²) in [6.45, 7) is 4.70. The molecule has 2 aliphatic rings. The summed E-state index contributed by atoms with van der Waals surface area (Å²) in [4.78, 5) is 28.9. The molecule has 2 fully saturated rings. The summed E-state index contributed by atoms with van der Waals surface area (Å²) in [7, 11) is 3.14. The first kappa shape index (κ1) is 17.5. The van der Waals surface area contributed by atoms with Crippen LogP contribution in [0.1, 0.15) is 13.3 Å². The van der Waals surface area contributed by atoms with E-state index in [2.05, 4.69) is 5.32 Å². The van der Waals surface area contributed by atoms with Crippen LogP contribution in [0.5, 0.6) is 11.5 Å². The zero-order valence-corrected chi connectivity index (χ0v) is 14.9. The van der Waals surface area contributed by atoms with Gasteiger partial charge in [0.05, 0.1) is 25.8 Å². The van der Waals surface area contributed by atoms with E-state index in [1.165, 1.54) is 0 Å². The van der Waals surface area contributed by atoms with Gasteiger partial charge in [0.15, 0.2) is 0 Å². The van der Waals surface area contributed by atoms with E-state index in [0.29, 0.717) is 30.3 Å². The molecule has 2 atom stereocenters. The highest BCUT2D eigenvalue weighted by Crippen LogP contribution is 2.36. The first-order valence-corrected chi connectivity index (χ1v) is 8.58. The van der Waals surface area contributed by atoms with E-state index in [1.807, 2.05) is 11.8 Å². The van der Waals surface area contributed by atoms with E-state index in [1.54, 1.807) is 37.3 Å². The van der Waals surface area contributed by atoms with Crippen LogP contribution in [0, 0.1) is 5.92 Å². The zero-order valence-electron chi connectivity index (χ0n) is 14.9. The number of hydrogen-bond donors (Lipinski definition) is 1. The maximum absolute atomic E-state index is 12.9. The lowest BCUT2D eigenvalue weighted by molar-refractivity contribution is -0.138. The van der Waals surface area contributed by atoms with Crippen molar-refractivity contribution in [2.45, 2.75) is 19.4 Å². The van der Waals surface area contributed by atoms with Gasteiger partial charge in [0, 0.05) is 44.7 Å². The summed E-state index contributed by atoms with van der Waals surface area (Å²) in [6, 6.07) is 5.49. The molecular weight excluding hydrogens is 322 g/mol. The summed E-state index contributed by atoms with van der Waals surface area (Å²) in [6.07, 6.45) is 0.241. The Hall–Kier alpha value is -2.28. The largest absolute Gasteiger partial charge is 0.497 e. The Labute approximate surface area is 147 Å². The Bertz CT molecular complexity index is 664.